The van der Waals surface area contributed by atoms with E-state index in [0.717, 1.165) is 23.3 Å². The summed E-state index contributed by atoms with van der Waals surface area (Å²) in [5.74, 6) is 0.420. The molecule has 30 heavy (non-hydrogen) atoms. The molecule has 2 aromatic heterocycles. The molecule has 4 aromatic rings. The first-order chi connectivity index (χ1) is 14.6. The molecule has 0 aliphatic heterocycles. The number of hydrogen-bond donors (Lipinski definition) is 1. The Morgan fingerprint density at radius 1 is 0.933 bits per heavy atom. The smallest absolute Gasteiger partial charge is 0.276 e. The van der Waals surface area contributed by atoms with E-state index in [1.165, 1.54) is 5.56 Å². The van der Waals surface area contributed by atoms with Crippen LogP contribution in [0.2, 0.25) is 0 Å². The molecule has 150 valence electrons. The lowest BCUT2D eigenvalue weighted by Gasteiger charge is -2.27. The van der Waals surface area contributed by atoms with Crippen molar-refractivity contribution in [3.05, 3.63) is 90.3 Å². The van der Waals surface area contributed by atoms with Gasteiger partial charge in [0, 0.05) is 24.2 Å². The van der Waals surface area contributed by atoms with Gasteiger partial charge < -0.3 is 10.2 Å². The van der Waals surface area contributed by atoms with Gasteiger partial charge in [0.1, 0.15) is 0 Å². The molecular weight excluding hydrogens is 374 g/mol. The highest BCUT2D eigenvalue weighted by atomic mass is 16.1. The molecule has 0 bridgehead atoms. The van der Waals surface area contributed by atoms with Crippen LogP contribution in [0.5, 0.6) is 0 Å². The topological polar surface area (TPSA) is 71.0 Å². The molecule has 0 radical (unpaired) electrons. The second-order valence-corrected chi connectivity index (χ2v) is 7.32. The van der Waals surface area contributed by atoms with Gasteiger partial charge in [-0.15, -0.1) is 10.2 Å². The Morgan fingerprint density at radius 3 is 2.47 bits per heavy atom. The summed E-state index contributed by atoms with van der Waals surface area (Å²) in [5, 5.41) is 12.4. The van der Waals surface area contributed by atoms with Gasteiger partial charge in [-0.3, -0.25) is 9.78 Å². The number of rotatable bonds is 6. The Balaban J connectivity index is 1.52. The number of amides is 1. The number of para-hydroxylation sites is 1. The van der Waals surface area contributed by atoms with Gasteiger partial charge in [-0.2, -0.15) is 0 Å². The average Bonchev–Trinajstić information content (AvgIpc) is 2.78. The Kier molecular flexibility index (Phi) is 5.66. The van der Waals surface area contributed by atoms with Gasteiger partial charge in [0.05, 0.1) is 11.2 Å². The third-order valence-electron chi connectivity index (χ3n) is 4.88. The molecule has 0 aliphatic rings. The lowest BCUT2D eigenvalue weighted by atomic mass is 10.2. The third kappa shape index (κ3) is 4.27. The minimum absolute atomic E-state index is 0.237. The van der Waals surface area contributed by atoms with Gasteiger partial charge in [-0.25, -0.2) is 0 Å². The molecule has 1 amide bonds. The zero-order valence-electron chi connectivity index (χ0n) is 17.0. The van der Waals surface area contributed by atoms with Crippen molar-refractivity contribution in [2.45, 2.75) is 26.4 Å². The number of hydrogen-bond acceptors (Lipinski definition) is 5. The number of fused-ring (bicyclic) bond motifs is 1. The number of aromatic nitrogens is 3. The Morgan fingerprint density at radius 2 is 1.73 bits per heavy atom. The third-order valence-corrected chi connectivity index (χ3v) is 4.88. The number of carbonyl (C=O) groups excluding carboxylic acids is 1. The van der Waals surface area contributed by atoms with Crippen molar-refractivity contribution in [1.29, 1.82) is 0 Å². The summed E-state index contributed by atoms with van der Waals surface area (Å²) < 4.78 is 0. The van der Waals surface area contributed by atoms with E-state index in [9.17, 15) is 4.79 Å². The second-order valence-electron chi connectivity index (χ2n) is 7.32. The maximum Gasteiger partial charge on any atom is 0.276 e. The van der Waals surface area contributed by atoms with Gasteiger partial charge in [-0.05, 0) is 43.7 Å². The summed E-state index contributed by atoms with van der Waals surface area (Å²) in [6.45, 7) is 4.94. The number of carbonyl (C=O) groups is 1. The molecule has 0 aliphatic carbocycles. The zero-order valence-corrected chi connectivity index (χ0v) is 17.0. The molecular formula is C24H23N5O. The predicted molar refractivity (Wildman–Crippen MR) is 119 cm³/mol. The Hall–Kier alpha value is -3.80. The van der Waals surface area contributed by atoms with Crippen molar-refractivity contribution in [2.24, 2.45) is 0 Å². The van der Waals surface area contributed by atoms with Crippen LogP contribution in [-0.2, 0) is 6.54 Å². The fourth-order valence-corrected chi connectivity index (χ4v) is 3.30. The summed E-state index contributed by atoms with van der Waals surface area (Å²) >= 11 is 0. The van der Waals surface area contributed by atoms with Crippen LogP contribution in [0.4, 0.5) is 11.5 Å². The summed E-state index contributed by atoms with van der Waals surface area (Å²) in [7, 11) is 0. The molecule has 0 spiro atoms. The van der Waals surface area contributed by atoms with Gasteiger partial charge in [0.2, 0.25) is 0 Å². The van der Waals surface area contributed by atoms with Crippen molar-refractivity contribution in [3.63, 3.8) is 0 Å². The fraction of sp³-hybridized carbons (Fsp3) is 0.167. The van der Waals surface area contributed by atoms with Crippen LogP contribution in [-0.4, -0.2) is 27.1 Å². The largest absolute Gasteiger partial charge is 0.348 e. The second kappa shape index (κ2) is 8.69. The lowest BCUT2D eigenvalue weighted by molar-refractivity contribution is 0.102. The molecule has 2 aromatic carbocycles. The molecule has 6 heteroatoms. The Bertz CT molecular complexity index is 1140. The van der Waals surface area contributed by atoms with E-state index in [1.54, 1.807) is 12.3 Å². The van der Waals surface area contributed by atoms with Crippen molar-refractivity contribution >= 4 is 28.3 Å². The van der Waals surface area contributed by atoms with E-state index in [4.69, 9.17) is 0 Å². The van der Waals surface area contributed by atoms with Crippen molar-refractivity contribution in [2.75, 3.05) is 10.2 Å². The fourth-order valence-electron chi connectivity index (χ4n) is 3.30. The van der Waals surface area contributed by atoms with E-state index >= 15 is 0 Å². The van der Waals surface area contributed by atoms with E-state index < -0.39 is 0 Å². The average molecular weight is 397 g/mol. The molecule has 0 saturated carbocycles. The van der Waals surface area contributed by atoms with E-state index in [0.29, 0.717) is 5.69 Å². The first-order valence-electron chi connectivity index (χ1n) is 9.91. The molecule has 2 heterocycles. The van der Waals surface area contributed by atoms with Crippen LogP contribution in [0.1, 0.15) is 29.9 Å². The first kappa shape index (κ1) is 19.5. The molecule has 6 nitrogen and oxygen atoms in total. The number of pyridine rings is 1. The number of nitrogens with zero attached hydrogens (tertiary/aromatic N) is 4. The van der Waals surface area contributed by atoms with E-state index in [2.05, 4.69) is 51.4 Å². The van der Waals surface area contributed by atoms with Crippen LogP contribution in [0.3, 0.4) is 0 Å². The maximum absolute atomic E-state index is 12.7. The normalized spacial score (nSPS) is 10.9. The zero-order chi connectivity index (χ0) is 20.9. The van der Waals surface area contributed by atoms with Gasteiger partial charge in [0.15, 0.2) is 11.5 Å². The minimum Gasteiger partial charge on any atom is -0.348 e. The highest BCUT2D eigenvalue weighted by Gasteiger charge is 2.16. The quantitative estimate of drug-likeness (QED) is 0.511. The minimum atomic E-state index is -0.314. The van der Waals surface area contributed by atoms with Gasteiger partial charge in [0.25, 0.3) is 5.91 Å². The first-order valence-corrected chi connectivity index (χ1v) is 9.91. The lowest BCUT2D eigenvalue weighted by Crippen LogP contribution is -2.31. The molecule has 0 unspecified atom stereocenters. The van der Waals surface area contributed by atoms with E-state index in [-0.39, 0.29) is 17.6 Å². The van der Waals surface area contributed by atoms with Crippen LogP contribution < -0.4 is 10.2 Å². The highest BCUT2D eigenvalue weighted by molar-refractivity contribution is 6.07. The SMILES string of the molecule is CC(C)N(Cc1ccccc1)c1ccc(C(=O)Nc2cccc3cccnc23)nn1. The summed E-state index contributed by atoms with van der Waals surface area (Å²) in [4.78, 5) is 19.2. The molecule has 1 N–H and O–H groups in total. The van der Waals surface area contributed by atoms with Crippen molar-refractivity contribution in [1.82, 2.24) is 15.2 Å². The van der Waals surface area contributed by atoms with Crippen LogP contribution >= 0.6 is 0 Å². The molecule has 0 saturated heterocycles. The van der Waals surface area contributed by atoms with Crippen LogP contribution in [0.15, 0.2) is 79.0 Å². The summed E-state index contributed by atoms with van der Waals surface area (Å²) in [6.07, 6.45) is 1.71. The predicted octanol–water partition coefficient (Wildman–Crippen LogP) is 4.69. The Labute approximate surface area is 175 Å². The van der Waals surface area contributed by atoms with E-state index in [1.807, 2.05) is 54.6 Å². The van der Waals surface area contributed by atoms with Crippen molar-refractivity contribution in [3.8, 4) is 0 Å². The summed E-state index contributed by atoms with van der Waals surface area (Å²) in [5.41, 5.74) is 2.84. The van der Waals surface area contributed by atoms with Crippen LogP contribution in [0.25, 0.3) is 10.9 Å². The standard InChI is InChI=1S/C24H23N5O/c1-17(2)29(16-18-8-4-3-5-9-18)22-14-13-21(27-28-22)24(30)26-20-12-6-10-19-11-7-15-25-23(19)20/h3-15,17H,16H2,1-2H3,(H,26,30). The van der Waals surface area contributed by atoms with Gasteiger partial charge in [-0.1, -0.05) is 48.5 Å². The summed E-state index contributed by atoms with van der Waals surface area (Å²) in [6, 6.07) is 23.5. The maximum atomic E-state index is 12.7. The molecule has 4 rings (SSSR count). The number of benzene rings is 2. The molecule has 0 fully saturated rings. The highest BCUT2D eigenvalue weighted by Crippen LogP contribution is 2.22. The number of nitrogens with one attached hydrogen (secondary N) is 1. The van der Waals surface area contributed by atoms with Gasteiger partial charge >= 0.3 is 0 Å². The van der Waals surface area contributed by atoms with Crippen LogP contribution in [0, 0.1) is 0 Å². The monoisotopic (exact) mass is 397 g/mol. The number of anilines is 2. The van der Waals surface area contributed by atoms with Crippen molar-refractivity contribution < 1.29 is 4.79 Å². The molecule has 0 atom stereocenters.